The molecule has 2 saturated heterocycles. The minimum absolute atomic E-state index is 0.0615. The number of piperidine rings is 1. The van der Waals surface area contributed by atoms with Crippen LogP contribution in [-0.4, -0.2) is 95.7 Å². The van der Waals surface area contributed by atoms with Gasteiger partial charge in [0.2, 0.25) is 5.91 Å². The van der Waals surface area contributed by atoms with Crippen molar-refractivity contribution in [3.05, 3.63) is 17.5 Å². The van der Waals surface area contributed by atoms with E-state index in [9.17, 15) is 9.59 Å². The summed E-state index contributed by atoms with van der Waals surface area (Å²) < 4.78 is 5.39. The van der Waals surface area contributed by atoms with Gasteiger partial charge in [-0.25, -0.2) is 0 Å². The predicted octanol–water partition coefficient (Wildman–Crippen LogP) is 2.24. The van der Waals surface area contributed by atoms with Gasteiger partial charge < -0.3 is 14.5 Å². The molecule has 3 heterocycles. The van der Waals surface area contributed by atoms with Crippen molar-refractivity contribution in [3.63, 3.8) is 0 Å². The van der Waals surface area contributed by atoms with Gasteiger partial charge in [0.1, 0.15) is 0 Å². The van der Waals surface area contributed by atoms with Crippen molar-refractivity contribution in [2.75, 3.05) is 53.0 Å². The smallest absolute Gasteiger partial charge is 0.257 e. The van der Waals surface area contributed by atoms with Gasteiger partial charge in [0.05, 0.1) is 30.7 Å². The molecule has 8 nitrogen and oxygen atoms in total. The molecule has 1 saturated carbocycles. The number of hydrogen-bond donors (Lipinski definition) is 1. The molecule has 1 N–H and O–H groups in total. The van der Waals surface area contributed by atoms with Crippen LogP contribution >= 0.6 is 0 Å². The maximum Gasteiger partial charge on any atom is 0.257 e. The Morgan fingerprint density at radius 2 is 1.90 bits per heavy atom. The normalized spacial score (nSPS) is 23.6. The van der Waals surface area contributed by atoms with Gasteiger partial charge in [0, 0.05) is 58.2 Å². The molecule has 1 aliphatic carbocycles. The Balaban J connectivity index is 1.35. The van der Waals surface area contributed by atoms with Gasteiger partial charge >= 0.3 is 0 Å². The van der Waals surface area contributed by atoms with E-state index in [0.717, 1.165) is 70.8 Å². The summed E-state index contributed by atoms with van der Waals surface area (Å²) in [6.07, 6.45) is 10.0. The number of nitrogens with zero attached hydrogens (tertiary/aromatic N) is 4. The van der Waals surface area contributed by atoms with E-state index >= 15 is 0 Å². The Morgan fingerprint density at radius 3 is 2.68 bits per heavy atom. The second-order valence-corrected chi connectivity index (χ2v) is 9.29. The lowest BCUT2D eigenvalue weighted by molar-refractivity contribution is -0.133. The molecule has 1 atom stereocenters. The highest BCUT2D eigenvalue weighted by molar-refractivity contribution is 5.95. The van der Waals surface area contributed by atoms with Crippen molar-refractivity contribution < 1.29 is 14.3 Å². The Morgan fingerprint density at radius 1 is 1.13 bits per heavy atom. The molecular formula is C23H37N5O3. The Hall–Kier alpha value is -1.93. The van der Waals surface area contributed by atoms with Crippen LogP contribution in [0.15, 0.2) is 6.20 Å². The van der Waals surface area contributed by atoms with Gasteiger partial charge in [-0.3, -0.25) is 19.6 Å². The lowest BCUT2D eigenvalue weighted by Crippen LogP contribution is -2.43. The van der Waals surface area contributed by atoms with Crippen LogP contribution in [0.25, 0.3) is 0 Å². The van der Waals surface area contributed by atoms with Crippen LogP contribution in [0, 0.1) is 0 Å². The van der Waals surface area contributed by atoms with E-state index in [-0.39, 0.29) is 17.7 Å². The van der Waals surface area contributed by atoms with Crippen LogP contribution in [0.2, 0.25) is 0 Å². The monoisotopic (exact) mass is 431 g/mol. The first-order valence-corrected chi connectivity index (χ1v) is 12.0. The second kappa shape index (κ2) is 10.6. The molecular weight excluding hydrogens is 394 g/mol. The summed E-state index contributed by atoms with van der Waals surface area (Å²) in [5.41, 5.74) is 1.58. The predicted molar refractivity (Wildman–Crippen MR) is 118 cm³/mol. The number of aromatic nitrogens is 2. The third-order valence-corrected chi connectivity index (χ3v) is 7.27. The maximum atomic E-state index is 13.2. The number of rotatable bonds is 6. The molecule has 4 rings (SSSR count). The van der Waals surface area contributed by atoms with E-state index in [1.165, 1.54) is 19.3 Å². The molecule has 3 fully saturated rings. The van der Waals surface area contributed by atoms with Crippen molar-refractivity contribution in [3.8, 4) is 0 Å². The number of hydrogen-bond acceptors (Lipinski definition) is 5. The van der Waals surface area contributed by atoms with E-state index < -0.39 is 0 Å². The largest absolute Gasteiger partial charge is 0.379 e. The average Bonchev–Trinajstić information content (AvgIpc) is 3.33. The second-order valence-electron chi connectivity index (χ2n) is 9.29. The highest BCUT2D eigenvalue weighted by atomic mass is 16.5. The number of morpholine rings is 1. The lowest BCUT2D eigenvalue weighted by Gasteiger charge is -2.34. The molecule has 1 unspecified atom stereocenters. The fourth-order valence-electron chi connectivity index (χ4n) is 5.28. The Kier molecular flexibility index (Phi) is 7.61. The fourth-order valence-corrected chi connectivity index (χ4v) is 5.28. The topological polar surface area (TPSA) is 81.8 Å². The summed E-state index contributed by atoms with van der Waals surface area (Å²) in [4.78, 5) is 32.3. The van der Waals surface area contributed by atoms with E-state index in [0.29, 0.717) is 24.6 Å². The fraction of sp³-hybridized carbons (Fsp3) is 0.783. The molecule has 8 heteroatoms. The summed E-state index contributed by atoms with van der Waals surface area (Å²) in [5, 5.41) is 7.32. The highest BCUT2D eigenvalue weighted by Crippen LogP contribution is 2.30. The number of carbonyl (C=O) groups is 2. The van der Waals surface area contributed by atoms with Crippen LogP contribution in [0.5, 0.6) is 0 Å². The van der Waals surface area contributed by atoms with E-state index in [1.807, 2.05) is 16.8 Å². The minimum atomic E-state index is 0.0615. The number of ether oxygens (including phenoxy) is 1. The number of likely N-dealkylation sites (tertiary alicyclic amines) is 1. The van der Waals surface area contributed by atoms with Crippen LogP contribution < -0.4 is 0 Å². The highest BCUT2D eigenvalue weighted by Gasteiger charge is 2.31. The molecule has 0 bridgehead atoms. The van der Waals surface area contributed by atoms with Crippen molar-refractivity contribution >= 4 is 11.8 Å². The molecule has 3 aliphatic rings. The van der Waals surface area contributed by atoms with Gasteiger partial charge in [-0.2, -0.15) is 5.10 Å². The quantitative estimate of drug-likeness (QED) is 0.747. The molecule has 0 radical (unpaired) electrons. The first kappa shape index (κ1) is 22.3. The van der Waals surface area contributed by atoms with Crippen molar-refractivity contribution in [1.82, 2.24) is 24.9 Å². The molecule has 172 valence electrons. The van der Waals surface area contributed by atoms with Gasteiger partial charge in [0.25, 0.3) is 5.91 Å². The number of carbonyl (C=O) groups excluding carboxylic acids is 2. The van der Waals surface area contributed by atoms with Crippen molar-refractivity contribution in [2.24, 2.45) is 0 Å². The van der Waals surface area contributed by atoms with Crippen molar-refractivity contribution in [1.29, 1.82) is 0 Å². The molecule has 1 aromatic rings. The van der Waals surface area contributed by atoms with Gasteiger partial charge in [-0.15, -0.1) is 0 Å². The molecule has 2 amide bonds. The van der Waals surface area contributed by atoms with Crippen LogP contribution in [0.3, 0.4) is 0 Å². The zero-order valence-electron chi connectivity index (χ0n) is 18.9. The summed E-state index contributed by atoms with van der Waals surface area (Å²) in [6.45, 7) is 5.59. The van der Waals surface area contributed by atoms with E-state index in [1.54, 1.807) is 6.20 Å². The molecule has 2 aliphatic heterocycles. The number of nitrogens with one attached hydrogen (secondary N) is 1. The average molecular weight is 432 g/mol. The standard InChI is InChI=1S/C23H37N5O3/c1-26(19-7-3-2-4-8-19)23(30)20-16-24-25-22(20)18-6-5-10-28(17-18)21(29)9-11-27-12-14-31-15-13-27/h16,18-19H,2-15,17H2,1H3,(H,24,25). The van der Waals surface area contributed by atoms with Gasteiger partial charge in [-0.1, -0.05) is 19.3 Å². The third-order valence-electron chi connectivity index (χ3n) is 7.27. The van der Waals surface area contributed by atoms with Gasteiger partial charge in [0.15, 0.2) is 0 Å². The summed E-state index contributed by atoms with van der Waals surface area (Å²) in [5.74, 6) is 0.414. The van der Waals surface area contributed by atoms with Crippen LogP contribution in [0.1, 0.15) is 73.3 Å². The lowest BCUT2D eigenvalue weighted by atomic mass is 9.91. The molecule has 1 aromatic heterocycles. The summed E-state index contributed by atoms with van der Waals surface area (Å²) in [7, 11) is 1.93. The number of aromatic amines is 1. The first-order chi connectivity index (χ1) is 15.1. The van der Waals surface area contributed by atoms with Crippen LogP contribution in [0.4, 0.5) is 0 Å². The summed E-state index contributed by atoms with van der Waals surface area (Å²) in [6, 6.07) is 0.327. The summed E-state index contributed by atoms with van der Waals surface area (Å²) >= 11 is 0. The maximum absolute atomic E-state index is 13.2. The van der Waals surface area contributed by atoms with Gasteiger partial charge in [-0.05, 0) is 25.7 Å². The SMILES string of the molecule is CN(C(=O)c1cn[nH]c1C1CCCN(C(=O)CCN2CCOCC2)C1)C1CCCCC1. The molecule has 31 heavy (non-hydrogen) atoms. The number of H-pyrrole nitrogens is 1. The minimum Gasteiger partial charge on any atom is -0.379 e. The number of amides is 2. The van der Waals surface area contributed by atoms with E-state index in [2.05, 4.69) is 15.1 Å². The molecule has 0 spiro atoms. The van der Waals surface area contributed by atoms with Crippen LogP contribution in [-0.2, 0) is 9.53 Å². The Labute approximate surface area is 185 Å². The zero-order chi connectivity index (χ0) is 21.6. The van der Waals surface area contributed by atoms with Crippen molar-refractivity contribution in [2.45, 2.75) is 63.3 Å². The Bertz CT molecular complexity index is 739. The van der Waals surface area contributed by atoms with E-state index in [4.69, 9.17) is 4.74 Å². The first-order valence-electron chi connectivity index (χ1n) is 12.0. The zero-order valence-corrected chi connectivity index (χ0v) is 18.9. The molecule has 0 aromatic carbocycles. The third kappa shape index (κ3) is 5.47.